The molecule has 1 aromatic carbocycles. The first-order valence-corrected chi connectivity index (χ1v) is 8.70. The van der Waals surface area contributed by atoms with E-state index >= 15 is 0 Å². The molecule has 6 nitrogen and oxygen atoms in total. The van der Waals surface area contributed by atoms with E-state index in [4.69, 9.17) is 9.47 Å². The highest BCUT2D eigenvalue weighted by Crippen LogP contribution is 2.23. The topological polar surface area (TPSA) is 88.4 Å². The molecule has 0 radical (unpaired) electrons. The van der Waals surface area contributed by atoms with Crippen molar-refractivity contribution in [2.75, 3.05) is 13.2 Å². The fourth-order valence-corrected chi connectivity index (χ4v) is 2.34. The van der Waals surface area contributed by atoms with Crippen LogP contribution in [0.5, 0.6) is 5.75 Å². The summed E-state index contributed by atoms with van der Waals surface area (Å²) in [4.78, 5) is 23.6. The van der Waals surface area contributed by atoms with Gasteiger partial charge in [-0.1, -0.05) is 33.8 Å². The minimum absolute atomic E-state index is 0.0764. The van der Waals surface area contributed by atoms with Crippen LogP contribution in [-0.4, -0.2) is 30.6 Å². The molecule has 1 aromatic rings. The summed E-state index contributed by atoms with van der Waals surface area (Å²) < 4.78 is 10.3. The molecular formula is C20H28N2O4. The maximum Gasteiger partial charge on any atom is 0.344 e. The van der Waals surface area contributed by atoms with Gasteiger partial charge in [0.1, 0.15) is 11.3 Å². The molecule has 0 spiro atoms. The van der Waals surface area contributed by atoms with E-state index in [1.807, 2.05) is 39.0 Å². The quantitative estimate of drug-likeness (QED) is 0.720. The molecule has 1 amide bonds. The smallest absolute Gasteiger partial charge is 0.344 e. The SMILES string of the molecule is Cc1cc(OCC(=O)OCC(=O)N[C@](C)(C#N)C(C)C)ccc1C(C)C. The molecule has 0 heterocycles. The van der Waals surface area contributed by atoms with E-state index in [1.54, 1.807) is 6.92 Å². The van der Waals surface area contributed by atoms with Crippen molar-refractivity contribution in [1.29, 1.82) is 5.26 Å². The standard InChI is InChI=1S/C20H28N2O4/c1-13(2)17-8-7-16(9-15(17)5)25-11-19(24)26-10-18(23)22-20(6,12-21)14(3)4/h7-9,13-14H,10-11H2,1-6H3,(H,22,23)/t20-/m1/s1. The number of hydrogen-bond acceptors (Lipinski definition) is 5. The van der Waals surface area contributed by atoms with Gasteiger partial charge in [0.15, 0.2) is 13.2 Å². The fraction of sp³-hybridized carbons (Fsp3) is 0.550. The van der Waals surface area contributed by atoms with E-state index in [0.29, 0.717) is 11.7 Å². The number of carbonyl (C=O) groups excluding carboxylic acids is 2. The van der Waals surface area contributed by atoms with Gasteiger partial charge in [-0.25, -0.2) is 4.79 Å². The zero-order valence-electron chi connectivity index (χ0n) is 16.4. The summed E-state index contributed by atoms with van der Waals surface area (Å²) in [6, 6.07) is 7.72. The van der Waals surface area contributed by atoms with Crippen molar-refractivity contribution in [2.24, 2.45) is 5.92 Å². The maximum absolute atomic E-state index is 11.9. The van der Waals surface area contributed by atoms with Gasteiger partial charge in [0.25, 0.3) is 5.91 Å². The Balaban J connectivity index is 2.47. The van der Waals surface area contributed by atoms with Gasteiger partial charge in [-0.3, -0.25) is 4.79 Å². The molecule has 1 rings (SSSR count). The lowest BCUT2D eigenvalue weighted by molar-refractivity contribution is -0.150. The van der Waals surface area contributed by atoms with Crippen LogP contribution in [0.3, 0.4) is 0 Å². The number of nitrogens with zero attached hydrogens (tertiary/aromatic N) is 1. The Morgan fingerprint density at radius 1 is 1.23 bits per heavy atom. The second-order valence-corrected chi connectivity index (χ2v) is 7.14. The zero-order valence-corrected chi connectivity index (χ0v) is 16.4. The number of aryl methyl sites for hydroxylation is 1. The minimum Gasteiger partial charge on any atom is -0.482 e. The summed E-state index contributed by atoms with van der Waals surface area (Å²) in [5.41, 5.74) is 1.31. The molecule has 142 valence electrons. The lowest BCUT2D eigenvalue weighted by Crippen LogP contribution is -2.50. The summed E-state index contributed by atoms with van der Waals surface area (Å²) in [6.07, 6.45) is 0. The van der Waals surface area contributed by atoms with E-state index in [1.165, 1.54) is 5.56 Å². The monoisotopic (exact) mass is 360 g/mol. The summed E-state index contributed by atoms with van der Waals surface area (Å²) in [6.45, 7) is 10.8. The van der Waals surface area contributed by atoms with Gasteiger partial charge in [0.2, 0.25) is 0 Å². The van der Waals surface area contributed by atoms with Crippen molar-refractivity contribution in [3.05, 3.63) is 29.3 Å². The zero-order chi connectivity index (χ0) is 19.9. The number of amides is 1. The van der Waals surface area contributed by atoms with E-state index in [2.05, 4.69) is 25.2 Å². The number of rotatable bonds is 8. The fourth-order valence-electron chi connectivity index (χ4n) is 2.34. The molecule has 26 heavy (non-hydrogen) atoms. The predicted molar refractivity (Wildman–Crippen MR) is 98.7 cm³/mol. The van der Waals surface area contributed by atoms with Gasteiger partial charge >= 0.3 is 5.97 Å². The Labute approximate surface area is 155 Å². The van der Waals surface area contributed by atoms with Gasteiger partial charge in [-0.15, -0.1) is 0 Å². The molecule has 0 saturated heterocycles. The first-order chi connectivity index (χ1) is 12.1. The average Bonchev–Trinajstić information content (AvgIpc) is 2.57. The molecule has 0 bridgehead atoms. The van der Waals surface area contributed by atoms with Crippen LogP contribution in [-0.2, 0) is 14.3 Å². The van der Waals surface area contributed by atoms with E-state index in [9.17, 15) is 14.9 Å². The van der Waals surface area contributed by atoms with Gasteiger partial charge < -0.3 is 14.8 Å². The number of ether oxygens (including phenoxy) is 2. The van der Waals surface area contributed by atoms with Crippen LogP contribution < -0.4 is 10.1 Å². The van der Waals surface area contributed by atoms with Crippen LogP contribution in [0.25, 0.3) is 0 Å². The molecule has 0 unspecified atom stereocenters. The Hall–Kier alpha value is -2.55. The van der Waals surface area contributed by atoms with Crippen LogP contribution in [0.1, 0.15) is 51.7 Å². The second-order valence-electron chi connectivity index (χ2n) is 7.14. The highest BCUT2D eigenvalue weighted by atomic mass is 16.6. The Bertz CT molecular complexity index is 692. The van der Waals surface area contributed by atoms with Crippen molar-refractivity contribution in [3.8, 4) is 11.8 Å². The second kappa shape index (κ2) is 9.23. The van der Waals surface area contributed by atoms with Crippen molar-refractivity contribution >= 4 is 11.9 Å². The number of benzene rings is 1. The predicted octanol–water partition coefficient (Wildman–Crippen LogP) is 3.09. The first kappa shape index (κ1) is 21.5. The third-order valence-corrected chi connectivity index (χ3v) is 4.37. The van der Waals surface area contributed by atoms with Crippen LogP contribution in [0.4, 0.5) is 0 Å². The van der Waals surface area contributed by atoms with E-state index in [0.717, 1.165) is 5.56 Å². The summed E-state index contributed by atoms with van der Waals surface area (Å²) in [5.74, 6) is -0.252. The van der Waals surface area contributed by atoms with E-state index in [-0.39, 0.29) is 12.5 Å². The van der Waals surface area contributed by atoms with Crippen LogP contribution in [0.15, 0.2) is 18.2 Å². The molecule has 0 aliphatic rings. The number of carbonyl (C=O) groups is 2. The first-order valence-electron chi connectivity index (χ1n) is 8.70. The van der Waals surface area contributed by atoms with Crippen LogP contribution in [0, 0.1) is 24.2 Å². The molecule has 1 atom stereocenters. The molecule has 0 aromatic heterocycles. The highest BCUT2D eigenvalue weighted by molar-refractivity contribution is 5.81. The number of nitrogens with one attached hydrogen (secondary N) is 1. The molecule has 0 aliphatic carbocycles. The minimum atomic E-state index is -1.00. The Kier molecular flexibility index (Phi) is 7.63. The van der Waals surface area contributed by atoms with Gasteiger partial charge in [-0.2, -0.15) is 5.26 Å². The third kappa shape index (κ3) is 6.07. The number of esters is 1. The van der Waals surface area contributed by atoms with Crippen molar-refractivity contribution in [1.82, 2.24) is 5.32 Å². The average molecular weight is 360 g/mol. The molecule has 6 heteroatoms. The third-order valence-electron chi connectivity index (χ3n) is 4.37. The summed E-state index contributed by atoms with van der Waals surface area (Å²) in [5, 5.41) is 11.8. The number of nitriles is 1. The molecular weight excluding hydrogens is 332 g/mol. The lowest BCUT2D eigenvalue weighted by Gasteiger charge is -2.27. The highest BCUT2D eigenvalue weighted by Gasteiger charge is 2.30. The van der Waals surface area contributed by atoms with E-state index < -0.39 is 24.0 Å². The molecule has 0 aliphatic heterocycles. The molecule has 0 fully saturated rings. The Morgan fingerprint density at radius 2 is 1.88 bits per heavy atom. The van der Waals surface area contributed by atoms with Crippen LogP contribution in [0.2, 0.25) is 0 Å². The normalized spacial score (nSPS) is 13.0. The van der Waals surface area contributed by atoms with Crippen molar-refractivity contribution in [3.63, 3.8) is 0 Å². The maximum atomic E-state index is 11.9. The van der Waals surface area contributed by atoms with Crippen molar-refractivity contribution in [2.45, 2.75) is 53.0 Å². The lowest BCUT2D eigenvalue weighted by atomic mass is 9.90. The summed E-state index contributed by atoms with van der Waals surface area (Å²) >= 11 is 0. The van der Waals surface area contributed by atoms with Crippen LogP contribution >= 0.6 is 0 Å². The summed E-state index contributed by atoms with van der Waals surface area (Å²) in [7, 11) is 0. The molecule has 0 saturated carbocycles. The van der Waals surface area contributed by atoms with Gasteiger partial charge in [-0.05, 0) is 48.9 Å². The Morgan fingerprint density at radius 3 is 2.38 bits per heavy atom. The van der Waals surface area contributed by atoms with Gasteiger partial charge in [0, 0.05) is 0 Å². The van der Waals surface area contributed by atoms with Gasteiger partial charge in [0.05, 0.1) is 6.07 Å². The molecule has 1 N–H and O–H groups in total. The number of hydrogen-bond donors (Lipinski definition) is 1. The largest absolute Gasteiger partial charge is 0.482 e. The van der Waals surface area contributed by atoms with Crippen molar-refractivity contribution < 1.29 is 19.1 Å².